The van der Waals surface area contributed by atoms with Gasteiger partial charge in [-0.05, 0) is 0 Å². The van der Waals surface area contributed by atoms with Crippen LogP contribution in [0.1, 0.15) is 0 Å². The Labute approximate surface area is 93.7 Å². The van der Waals surface area contributed by atoms with Gasteiger partial charge in [0.2, 0.25) is 0 Å². The van der Waals surface area contributed by atoms with Crippen LogP contribution in [0.5, 0.6) is 0 Å². The summed E-state index contributed by atoms with van der Waals surface area (Å²) in [5, 5.41) is 0. The van der Waals surface area contributed by atoms with Crippen molar-refractivity contribution in [2.24, 2.45) is 11.7 Å². The molecule has 0 spiro atoms. The van der Waals surface area contributed by atoms with Gasteiger partial charge in [-0.1, -0.05) is 0 Å². The van der Waals surface area contributed by atoms with Crippen LogP contribution in [0, 0.1) is 0 Å². The molecule has 0 saturated carbocycles. The first-order chi connectivity index (χ1) is 3.00. The van der Waals surface area contributed by atoms with Gasteiger partial charge in [-0.25, -0.2) is 0 Å². The summed E-state index contributed by atoms with van der Waals surface area (Å²) in [7, 11) is -4.67. The Morgan fingerprint density at radius 1 is 1.11 bits per heavy atom. The molecule has 0 aromatic rings. The van der Waals surface area contributed by atoms with E-state index in [-0.39, 0.29) is 55.1 Å². The SMILES string of the molecule is NN.O=S(=O)(O)O.[AlH3].[CaH2]. The zero-order chi connectivity index (χ0) is 6.50. The molecule has 56 valence electrons. The van der Waals surface area contributed by atoms with E-state index in [1.807, 2.05) is 0 Å². The van der Waals surface area contributed by atoms with E-state index in [4.69, 9.17) is 17.5 Å². The predicted molar refractivity (Wildman–Crippen MR) is 41.0 cm³/mol. The standard InChI is InChI=1S/Al.Ca.H4N2.H2O4S.5H/c;;1-2;1-5(2,3)4;;;;;/h;;1-2H2;(H2,1,2,3,4);;;;;. The molecule has 0 saturated heterocycles. The second kappa shape index (κ2) is 12.3. The molecular formula is H11AlCaN2O4S. The fourth-order valence-electron chi connectivity index (χ4n) is 0. The molecule has 0 bridgehead atoms. The molecule has 0 heterocycles. The molecule has 6 nitrogen and oxygen atoms in total. The zero-order valence-electron chi connectivity index (χ0n) is 3.27. The van der Waals surface area contributed by atoms with Crippen LogP contribution in [-0.4, -0.2) is 72.6 Å². The average molecular weight is 202 g/mol. The number of nitrogens with two attached hydrogens (primary N) is 2. The van der Waals surface area contributed by atoms with Crippen molar-refractivity contribution in [3.63, 3.8) is 0 Å². The van der Waals surface area contributed by atoms with Crippen LogP contribution in [0.3, 0.4) is 0 Å². The molecule has 0 aromatic heterocycles. The molecule has 0 aliphatic carbocycles. The van der Waals surface area contributed by atoms with E-state index in [2.05, 4.69) is 11.7 Å². The molecule has 0 aliphatic heterocycles. The van der Waals surface area contributed by atoms with E-state index >= 15 is 0 Å². The molecule has 0 rings (SSSR count). The average Bonchev–Trinajstić information content (AvgIpc) is 1.36. The van der Waals surface area contributed by atoms with Crippen LogP contribution in [-0.2, 0) is 10.4 Å². The van der Waals surface area contributed by atoms with E-state index in [1.165, 1.54) is 0 Å². The number of hydrogen-bond donors (Lipinski definition) is 4. The van der Waals surface area contributed by atoms with Crippen LogP contribution < -0.4 is 11.7 Å². The van der Waals surface area contributed by atoms with Gasteiger partial charge >= 0.3 is 48.1 Å². The van der Waals surface area contributed by atoms with Crippen molar-refractivity contribution in [1.29, 1.82) is 0 Å². The number of hydrazine groups is 1. The summed E-state index contributed by atoms with van der Waals surface area (Å²) in [6.45, 7) is 0. The van der Waals surface area contributed by atoms with Crippen LogP contribution >= 0.6 is 0 Å². The van der Waals surface area contributed by atoms with Crippen molar-refractivity contribution in [1.82, 2.24) is 0 Å². The van der Waals surface area contributed by atoms with Crippen molar-refractivity contribution >= 4 is 65.5 Å². The third-order valence-corrected chi connectivity index (χ3v) is 0. The van der Waals surface area contributed by atoms with E-state index in [9.17, 15) is 0 Å². The Kier molecular flexibility index (Phi) is 30.6. The van der Waals surface area contributed by atoms with Gasteiger partial charge in [0.15, 0.2) is 17.4 Å². The van der Waals surface area contributed by atoms with Gasteiger partial charge in [-0.15, -0.1) is 0 Å². The summed E-state index contributed by atoms with van der Waals surface area (Å²) in [6.07, 6.45) is 0. The van der Waals surface area contributed by atoms with Crippen LogP contribution in [0.25, 0.3) is 0 Å². The third-order valence-electron chi connectivity index (χ3n) is 0. The van der Waals surface area contributed by atoms with Crippen LogP contribution in [0.15, 0.2) is 0 Å². The van der Waals surface area contributed by atoms with Gasteiger partial charge < -0.3 is 0 Å². The van der Waals surface area contributed by atoms with Crippen molar-refractivity contribution in [3.8, 4) is 0 Å². The van der Waals surface area contributed by atoms with Crippen LogP contribution in [0.4, 0.5) is 0 Å². The second-order valence-corrected chi connectivity index (χ2v) is 1.34. The molecule has 6 N–H and O–H groups in total. The first-order valence-corrected chi connectivity index (χ1v) is 2.43. The van der Waals surface area contributed by atoms with Gasteiger partial charge in [0.05, 0.1) is 0 Å². The Hall–Kier alpha value is 1.58. The Morgan fingerprint density at radius 2 is 1.11 bits per heavy atom. The summed E-state index contributed by atoms with van der Waals surface area (Å²) >= 11 is 0. The molecule has 0 amide bonds. The minimum atomic E-state index is -4.67. The van der Waals surface area contributed by atoms with Crippen molar-refractivity contribution in [3.05, 3.63) is 0 Å². The van der Waals surface area contributed by atoms with Gasteiger partial charge in [-0.3, -0.25) is 20.8 Å². The number of rotatable bonds is 0. The Bertz CT molecular complexity index is 102. The van der Waals surface area contributed by atoms with Gasteiger partial charge in [0.1, 0.15) is 0 Å². The zero-order valence-corrected chi connectivity index (χ0v) is 4.09. The Balaban J connectivity index is -0.0000000286. The fraction of sp³-hybridized carbons (Fsp3) is 0. The summed E-state index contributed by atoms with van der Waals surface area (Å²) in [4.78, 5) is 0. The van der Waals surface area contributed by atoms with Gasteiger partial charge in [0.25, 0.3) is 0 Å². The first kappa shape index (κ1) is 22.4. The molecular weight excluding hydrogens is 191 g/mol. The van der Waals surface area contributed by atoms with Gasteiger partial charge in [-0.2, -0.15) is 8.42 Å². The Morgan fingerprint density at radius 3 is 1.11 bits per heavy atom. The quantitative estimate of drug-likeness (QED) is 0.137. The molecule has 0 aliphatic rings. The van der Waals surface area contributed by atoms with Crippen LogP contribution in [0.2, 0.25) is 0 Å². The molecule has 0 atom stereocenters. The molecule has 0 radical (unpaired) electrons. The third kappa shape index (κ3) is 220. The summed E-state index contributed by atoms with van der Waals surface area (Å²) < 4.78 is 31.6. The molecule has 9 heavy (non-hydrogen) atoms. The second-order valence-electron chi connectivity index (χ2n) is 0.448. The first-order valence-electron chi connectivity index (χ1n) is 1.03. The van der Waals surface area contributed by atoms with Crippen molar-refractivity contribution < 1.29 is 17.5 Å². The normalized spacial score (nSPS) is 7.11. The summed E-state index contributed by atoms with van der Waals surface area (Å²) in [5.74, 6) is 8.00. The van der Waals surface area contributed by atoms with E-state index < -0.39 is 10.4 Å². The molecule has 0 unspecified atom stereocenters. The number of hydrogen-bond acceptors (Lipinski definition) is 4. The topological polar surface area (TPSA) is 127 Å². The molecule has 0 fully saturated rings. The van der Waals surface area contributed by atoms with E-state index in [0.29, 0.717) is 0 Å². The monoisotopic (exact) mass is 202 g/mol. The van der Waals surface area contributed by atoms with Gasteiger partial charge in [0, 0.05) is 0 Å². The maximum absolute atomic E-state index is 8.74. The minimum absolute atomic E-state index is 0. The predicted octanol–water partition coefficient (Wildman–Crippen LogP) is -3.93. The molecule has 9 heteroatoms. The van der Waals surface area contributed by atoms with E-state index in [0.717, 1.165) is 0 Å². The van der Waals surface area contributed by atoms with E-state index in [1.54, 1.807) is 0 Å². The van der Waals surface area contributed by atoms with Crippen molar-refractivity contribution in [2.45, 2.75) is 0 Å². The summed E-state index contributed by atoms with van der Waals surface area (Å²) in [6, 6.07) is 0. The molecule has 0 aromatic carbocycles. The fourth-order valence-corrected chi connectivity index (χ4v) is 0. The van der Waals surface area contributed by atoms with Crippen molar-refractivity contribution in [2.75, 3.05) is 0 Å². The maximum atomic E-state index is 8.74. The summed E-state index contributed by atoms with van der Waals surface area (Å²) in [5.41, 5.74) is 0.